The molecule has 0 spiro atoms. The smallest absolute Gasteiger partial charge is 0.0981 e. The molecule has 0 bridgehead atoms. The molecule has 1 N–H and O–H groups in total. The van der Waals surface area contributed by atoms with Gasteiger partial charge < -0.3 is 0 Å². The van der Waals surface area contributed by atoms with Crippen molar-refractivity contribution in [2.45, 2.75) is 5.37 Å². The molecule has 0 radical (unpaired) electrons. The van der Waals surface area contributed by atoms with Crippen LogP contribution in [-0.2, 0) is 7.05 Å². The third kappa shape index (κ3) is 1.41. The highest BCUT2D eigenvalue weighted by molar-refractivity contribution is 7.99. The number of rotatable bonds is 1. The van der Waals surface area contributed by atoms with Crippen LogP contribution in [0.5, 0.6) is 0 Å². The van der Waals surface area contributed by atoms with Gasteiger partial charge in [-0.1, -0.05) is 0 Å². The Morgan fingerprint density at radius 3 is 3.27 bits per heavy atom. The summed E-state index contributed by atoms with van der Waals surface area (Å²) < 4.78 is 1.84. The molecule has 0 aromatic carbocycles. The third-order valence-corrected chi connectivity index (χ3v) is 2.90. The average molecular weight is 169 g/mol. The van der Waals surface area contributed by atoms with Crippen molar-refractivity contribution >= 4 is 11.8 Å². The van der Waals surface area contributed by atoms with Crippen LogP contribution in [0.1, 0.15) is 11.1 Å². The summed E-state index contributed by atoms with van der Waals surface area (Å²) in [7, 11) is 1.95. The van der Waals surface area contributed by atoms with Crippen LogP contribution >= 0.6 is 11.8 Å². The fourth-order valence-corrected chi connectivity index (χ4v) is 2.19. The number of hydrogen-bond donors (Lipinski definition) is 1. The van der Waals surface area contributed by atoms with E-state index in [9.17, 15) is 0 Å². The number of aromatic nitrogens is 2. The van der Waals surface area contributed by atoms with E-state index in [4.69, 9.17) is 0 Å². The van der Waals surface area contributed by atoms with Crippen molar-refractivity contribution in [3.63, 3.8) is 0 Å². The van der Waals surface area contributed by atoms with Gasteiger partial charge in [0.05, 0.1) is 11.1 Å². The second-order valence-corrected chi connectivity index (χ2v) is 3.83. The van der Waals surface area contributed by atoms with E-state index in [1.165, 1.54) is 5.75 Å². The fourth-order valence-electron chi connectivity index (χ4n) is 1.19. The van der Waals surface area contributed by atoms with Crippen molar-refractivity contribution < 1.29 is 0 Å². The van der Waals surface area contributed by atoms with Gasteiger partial charge >= 0.3 is 0 Å². The van der Waals surface area contributed by atoms with Crippen molar-refractivity contribution in [1.82, 2.24) is 15.1 Å². The number of nitrogens with one attached hydrogen (secondary N) is 1. The molecule has 1 fully saturated rings. The van der Waals surface area contributed by atoms with Gasteiger partial charge in [-0.05, 0) is 6.07 Å². The van der Waals surface area contributed by atoms with E-state index in [0.717, 1.165) is 12.2 Å². The number of hydrogen-bond acceptors (Lipinski definition) is 3. The van der Waals surface area contributed by atoms with Crippen molar-refractivity contribution in [3.8, 4) is 0 Å². The maximum Gasteiger partial charge on any atom is 0.0981 e. The first-order valence-electron chi connectivity index (χ1n) is 3.71. The van der Waals surface area contributed by atoms with Crippen LogP contribution in [0, 0.1) is 0 Å². The molecule has 11 heavy (non-hydrogen) atoms. The van der Waals surface area contributed by atoms with E-state index >= 15 is 0 Å². The molecule has 1 aromatic heterocycles. The van der Waals surface area contributed by atoms with Gasteiger partial charge in [0.15, 0.2) is 0 Å². The van der Waals surface area contributed by atoms with E-state index in [1.54, 1.807) is 0 Å². The summed E-state index contributed by atoms with van der Waals surface area (Å²) in [5.41, 5.74) is 1.15. The summed E-state index contributed by atoms with van der Waals surface area (Å²) in [6.07, 6.45) is 1.98. The van der Waals surface area contributed by atoms with Crippen LogP contribution < -0.4 is 5.32 Å². The highest BCUT2D eigenvalue weighted by atomic mass is 32.2. The second kappa shape index (κ2) is 2.87. The van der Waals surface area contributed by atoms with Gasteiger partial charge in [0.2, 0.25) is 0 Å². The van der Waals surface area contributed by atoms with Crippen LogP contribution in [0.4, 0.5) is 0 Å². The molecule has 1 aliphatic heterocycles. The lowest BCUT2D eigenvalue weighted by Crippen LogP contribution is -2.12. The molecule has 4 heteroatoms. The molecule has 2 heterocycles. The molecule has 1 atom stereocenters. The standard InChI is InChI=1S/C7H11N3S/c1-10-4-2-6(9-10)7-8-3-5-11-7/h2,4,7-8H,3,5H2,1H3. The Hall–Kier alpha value is -0.480. The lowest BCUT2D eigenvalue weighted by atomic mass is 10.4. The number of thioether (sulfide) groups is 1. The Balaban J connectivity index is 2.15. The van der Waals surface area contributed by atoms with Gasteiger partial charge in [-0.25, -0.2) is 0 Å². The summed E-state index contributed by atoms with van der Waals surface area (Å²) in [5.74, 6) is 1.20. The maximum absolute atomic E-state index is 4.33. The minimum Gasteiger partial charge on any atom is -0.299 e. The first-order valence-corrected chi connectivity index (χ1v) is 4.76. The zero-order valence-electron chi connectivity index (χ0n) is 6.45. The van der Waals surface area contributed by atoms with Crippen molar-refractivity contribution in [3.05, 3.63) is 18.0 Å². The average Bonchev–Trinajstić information content (AvgIpc) is 2.55. The van der Waals surface area contributed by atoms with E-state index in [-0.39, 0.29) is 0 Å². The monoisotopic (exact) mass is 169 g/mol. The predicted molar refractivity (Wildman–Crippen MR) is 46.4 cm³/mol. The molecule has 2 rings (SSSR count). The molecule has 0 saturated carbocycles. The highest BCUT2D eigenvalue weighted by Gasteiger charge is 2.18. The van der Waals surface area contributed by atoms with E-state index in [2.05, 4.69) is 16.5 Å². The zero-order chi connectivity index (χ0) is 7.68. The molecule has 0 aliphatic carbocycles. The summed E-state index contributed by atoms with van der Waals surface area (Å²) >= 11 is 1.92. The van der Waals surface area contributed by atoms with Gasteiger partial charge in [-0.2, -0.15) is 5.10 Å². The zero-order valence-corrected chi connectivity index (χ0v) is 7.27. The SMILES string of the molecule is Cn1ccc(C2NCCS2)n1. The summed E-state index contributed by atoms with van der Waals surface area (Å²) in [6.45, 7) is 1.10. The van der Waals surface area contributed by atoms with Gasteiger partial charge in [0.1, 0.15) is 0 Å². The van der Waals surface area contributed by atoms with Gasteiger partial charge in [-0.15, -0.1) is 11.8 Å². The highest BCUT2D eigenvalue weighted by Crippen LogP contribution is 2.27. The van der Waals surface area contributed by atoms with Crippen LogP contribution in [0.15, 0.2) is 12.3 Å². The quantitative estimate of drug-likeness (QED) is 0.673. The number of nitrogens with zero attached hydrogens (tertiary/aromatic N) is 2. The Morgan fingerprint density at radius 2 is 2.73 bits per heavy atom. The van der Waals surface area contributed by atoms with Crippen LogP contribution in [0.3, 0.4) is 0 Å². The van der Waals surface area contributed by atoms with Crippen LogP contribution in [-0.4, -0.2) is 22.1 Å². The van der Waals surface area contributed by atoms with Crippen molar-refractivity contribution in [1.29, 1.82) is 0 Å². The number of aryl methyl sites for hydroxylation is 1. The molecule has 1 saturated heterocycles. The van der Waals surface area contributed by atoms with Crippen molar-refractivity contribution in [2.24, 2.45) is 7.05 Å². The maximum atomic E-state index is 4.33. The molecular weight excluding hydrogens is 158 g/mol. The van der Waals surface area contributed by atoms with E-state index < -0.39 is 0 Å². The molecule has 1 unspecified atom stereocenters. The first-order chi connectivity index (χ1) is 5.36. The van der Waals surface area contributed by atoms with Crippen LogP contribution in [0.2, 0.25) is 0 Å². The molecule has 3 nitrogen and oxygen atoms in total. The van der Waals surface area contributed by atoms with Crippen LogP contribution in [0.25, 0.3) is 0 Å². The normalized spacial score (nSPS) is 24.3. The molecule has 1 aromatic rings. The summed E-state index contributed by atoms with van der Waals surface area (Å²) in [5, 5.41) is 8.13. The minimum atomic E-state index is 0.427. The Kier molecular flexibility index (Phi) is 1.87. The second-order valence-electron chi connectivity index (χ2n) is 2.62. The third-order valence-electron chi connectivity index (χ3n) is 1.72. The lowest BCUT2D eigenvalue weighted by molar-refractivity contribution is 0.688. The first kappa shape index (κ1) is 7.18. The Labute approximate surface area is 70.2 Å². The summed E-state index contributed by atoms with van der Waals surface area (Å²) in [6, 6.07) is 2.07. The molecule has 1 aliphatic rings. The van der Waals surface area contributed by atoms with E-state index in [1.807, 2.05) is 29.7 Å². The minimum absolute atomic E-state index is 0.427. The molecule has 60 valence electrons. The van der Waals surface area contributed by atoms with Gasteiger partial charge in [0, 0.05) is 25.5 Å². The topological polar surface area (TPSA) is 29.9 Å². The predicted octanol–water partition coefficient (Wildman–Crippen LogP) is 0.755. The van der Waals surface area contributed by atoms with Gasteiger partial charge in [-0.3, -0.25) is 10.00 Å². The lowest BCUT2D eigenvalue weighted by Gasteiger charge is -2.03. The van der Waals surface area contributed by atoms with E-state index in [0.29, 0.717) is 5.37 Å². The largest absolute Gasteiger partial charge is 0.299 e. The fraction of sp³-hybridized carbons (Fsp3) is 0.571. The summed E-state index contributed by atoms with van der Waals surface area (Å²) in [4.78, 5) is 0. The molecule has 0 amide bonds. The Bertz CT molecular complexity index is 240. The van der Waals surface area contributed by atoms with Crippen molar-refractivity contribution in [2.75, 3.05) is 12.3 Å². The molecular formula is C7H11N3S. The van der Waals surface area contributed by atoms with Gasteiger partial charge in [0.25, 0.3) is 0 Å². The Morgan fingerprint density at radius 1 is 1.82 bits per heavy atom.